The summed E-state index contributed by atoms with van der Waals surface area (Å²) in [5.74, 6) is 1.20. The van der Waals surface area contributed by atoms with Crippen LogP contribution >= 0.6 is 24.0 Å². The zero-order valence-corrected chi connectivity index (χ0v) is 16.6. The van der Waals surface area contributed by atoms with E-state index >= 15 is 0 Å². The van der Waals surface area contributed by atoms with Crippen molar-refractivity contribution < 1.29 is 4.79 Å². The molecule has 1 aromatic rings. The topological polar surface area (TPSA) is 32.3 Å². The van der Waals surface area contributed by atoms with Gasteiger partial charge in [-0.1, -0.05) is 63.0 Å². The van der Waals surface area contributed by atoms with Crippen molar-refractivity contribution in [3.63, 3.8) is 0 Å². The van der Waals surface area contributed by atoms with Gasteiger partial charge in [0.25, 0.3) is 0 Å². The van der Waals surface area contributed by atoms with Gasteiger partial charge in [-0.2, -0.15) is 0 Å². The fourth-order valence-electron chi connectivity index (χ4n) is 2.99. The SMILES string of the molecule is CCc1cccc(CC)c1NC(=O)CSC(=S)N1CCC(C)CC1. The Labute approximate surface area is 155 Å². The van der Waals surface area contributed by atoms with Gasteiger partial charge < -0.3 is 10.2 Å². The first-order chi connectivity index (χ1) is 11.5. The van der Waals surface area contributed by atoms with Crippen molar-refractivity contribution in [2.75, 3.05) is 24.2 Å². The number of thioether (sulfide) groups is 1. The zero-order valence-electron chi connectivity index (χ0n) is 14.9. The van der Waals surface area contributed by atoms with E-state index in [0.717, 1.165) is 41.9 Å². The molecule has 1 saturated heterocycles. The monoisotopic (exact) mass is 364 g/mol. The van der Waals surface area contributed by atoms with Crippen LogP contribution in [-0.4, -0.2) is 34.0 Å². The minimum absolute atomic E-state index is 0.0309. The number of nitrogens with one attached hydrogen (secondary N) is 1. The highest BCUT2D eigenvalue weighted by atomic mass is 32.2. The molecule has 0 spiro atoms. The first kappa shape index (κ1) is 19.3. The Morgan fingerprint density at radius 1 is 1.25 bits per heavy atom. The number of nitrogens with zero attached hydrogens (tertiary/aromatic N) is 1. The van der Waals surface area contributed by atoms with Crippen LogP contribution in [0, 0.1) is 5.92 Å². The molecule has 3 nitrogen and oxygen atoms in total. The summed E-state index contributed by atoms with van der Waals surface area (Å²) in [5.41, 5.74) is 3.38. The van der Waals surface area contributed by atoms with Gasteiger partial charge in [-0.15, -0.1) is 0 Å². The van der Waals surface area contributed by atoms with Gasteiger partial charge in [0.05, 0.1) is 5.75 Å². The number of hydrogen-bond donors (Lipinski definition) is 1. The minimum atomic E-state index is 0.0309. The third-order valence-electron chi connectivity index (χ3n) is 4.63. The molecule has 1 aromatic carbocycles. The van der Waals surface area contributed by atoms with E-state index < -0.39 is 0 Å². The number of anilines is 1. The Morgan fingerprint density at radius 2 is 1.83 bits per heavy atom. The standard InChI is InChI=1S/C19H28N2OS2/c1-4-15-7-6-8-16(5-2)18(15)20-17(22)13-24-19(23)21-11-9-14(3)10-12-21/h6-8,14H,4-5,9-13H2,1-3H3,(H,20,22). The fourth-order valence-corrected chi connectivity index (χ4v) is 4.04. The molecule has 0 unspecified atom stereocenters. The van der Waals surface area contributed by atoms with Crippen molar-refractivity contribution >= 4 is 39.9 Å². The van der Waals surface area contributed by atoms with Gasteiger partial charge in [-0.25, -0.2) is 0 Å². The number of benzene rings is 1. The molecule has 2 rings (SSSR count). The molecule has 1 aliphatic rings. The maximum Gasteiger partial charge on any atom is 0.234 e. The summed E-state index contributed by atoms with van der Waals surface area (Å²) >= 11 is 6.99. The van der Waals surface area contributed by atoms with Crippen molar-refractivity contribution in [2.45, 2.75) is 46.5 Å². The summed E-state index contributed by atoms with van der Waals surface area (Å²) in [6.07, 6.45) is 4.22. The molecule has 5 heteroatoms. The van der Waals surface area contributed by atoms with E-state index in [2.05, 4.69) is 49.2 Å². The second-order valence-electron chi connectivity index (χ2n) is 6.43. The minimum Gasteiger partial charge on any atom is -0.357 e. The number of aryl methyl sites for hydroxylation is 2. The van der Waals surface area contributed by atoms with E-state index in [0.29, 0.717) is 5.75 Å². The molecular formula is C19H28N2OS2. The smallest absolute Gasteiger partial charge is 0.234 e. The lowest BCUT2D eigenvalue weighted by atomic mass is 10.00. The lowest BCUT2D eigenvalue weighted by molar-refractivity contribution is -0.113. The van der Waals surface area contributed by atoms with E-state index in [9.17, 15) is 4.79 Å². The van der Waals surface area contributed by atoms with Crippen molar-refractivity contribution in [1.29, 1.82) is 0 Å². The number of hydrogen-bond acceptors (Lipinski definition) is 3. The fraction of sp³-hybridized carbons (Fsp3) is 0.579. The third-order valence-corrected chi connectivity index (χ3v) is 6.16. The van der Waals surface area contributed by atoms with E-state index in [4.69, 9.17) is 12.2 Å². The van der Waals surface area contributed by atoms with Gasteiger partial charge in [0.1, 0.15) is 4.32 Å². The van der Waals surface area contributed by atoms with Gasteiger partial charge in [0.15, 0.2) is 0 Å². The van der Waals surface area contributed by atoms with E-state index in [1.54, 1.807) is 0 Å². The maximum absolute atomic E-state index is 12.4. The number of para-hydroxylation sites is 1. The summed E-state index contributed by atoms with van der Waals surface area (Å²) in [4.78, 5) is 14.6. The molecule has 0 saturated carbocycles. The van der Waals surface area contributed by atoms with Crippen LogP contribution in [0.2, 0.25) is 0 Å². The molecule has 132 valence electrons. The molecule has 24 heavy (non-hydrogen) atoms. The largest absolute Gasteiger partial charge is 0.357 e. The summed E-state index contributed by atoms with van der Waals surface area (Å²) in [6, 6.07) is 6.23. The second kappa shape index (κ2) is 9.42. The summed E-state index contributed by atoms with van der Waals surface area (Å²) < 4.78 is 0.858. The lowest BCUT2D eigenvalue weighted by Crippen LogP contribution is -2.36. The van der Waals surface area contributed by atoms with E-state index in [1.807, 2.05) is 0 Å². The molecule has 1 aliphatic heterocycles. The summed E-state index contributed by atoms with van der Waals surface area (Å²) in [7, 11) is 0. The van der Waals surface area contributed by atoms with Crippen LogP contribution in [0.25, 0.3) is 0 Å². The quantitative estimate of drug-likeness (QED) is 0.780. The van der Waals surface area contributed by atoms with Crippen LogP contribution in [-0.2, 0) is 17.6 Å². The average Bonchev–Trinajstić information content (AvgIpc) is 2.60. The van der Waals surface area contributed by atoms with Crippen LogP contribution in [0.15, 0.2) is 18.2 Å². The number of likely N-dealkylation sites (tertiary alicyclic amines) is 1. The molecular weight excluding hydrogens is 336 g/mol. The van der Waals surface area contributed by atoms with Gasteiger partial charge in [-0.05, 0) is 42.7 Å². The molecule has 1 fully saturated rings. The average molecular weight is 365 g/mol. The van der Waals surface area contributed by atoms with Crippen LogP contribution in [0.4, 0.5) is 5.69 Å². The van der Waals surface area contributed by atoms with Crippen LogP contribution in [0.1, 0.15) is 44.7 Å². The molecule has 0 aliphatic carbocycles. The Kier molecular flexibility index (Phi) is 7.56. The number of amides is 1. The van der Waals surface area contributed by atoms with Crippen molar-refractivity contribution in [2.24, 2.45) is 5.92 Å². The highest BCUT2D eigenvalue weighted by Gasteiger charge is 2.19. The molecule has 0 bridgehead atoms. The number of carbonyl (C=O) groups is 1. The first-order valence-corrected chi connectivity index (χ1v) is 10.3. The maximum atomic E-state index is 12.4. The molecule has 0 aromatic heterocycles. The molecule has 0 radical (unpaired) electrons. The summed E-state index contributed by atoms with van der Waals surface area (Å²) in [6.45, 7) is 8.56. The Bertz CT molecular complexity index is 558. The predicted molar refractivity (Wildman–Crippen MR) is 109 cm³/mol. The highest BCUT2D eigenvalue weighted by molar-refractivity contribution is 8.23. The van der Waals surface area contributed by atoms with Gasteiger partial charge in [0.2, 0.25) is 5.91 Å². The normalized spacial score (nSPS) is 15.4. The number of piperidine rings is 1. The van der Waals surface area contributed by atoms with Crippen LogP contribution in [0.5, 0.6) is 0 Å². The van der Waals surface area contributed by atoms with Crippen LogP contribution < -0.4 is 5.32 Å². The zero-order chi connectivity index (χ0) is 17.5. The summed E-state index contributed by atoms with van der Waals surface area (Å²) in [5, 5.41) is 3.11. The molecule has 1 amide bonds. The van der Waals surface area contributed by atoms with Gasteiger partial charge in [-0.3, -0.25) is 4.79 Å². The molecule has 0 atom stereocenters. The molecule has 1 N–H and O–H groups in total. The molecule has 1 heterocycles. The van der Waals surface area contributed by atoms with E-state index in [-0.39, 0.29) is 5.91 Å². The number of carbonyl (C=O) groups excluding carboxylic acids is 1. The Balaban J connectivity index is 1.89. The van der Waals surface area contributed by atoms with Gasteiger partial charge >= 0.3 is 0 Å². The second-order valence-corrected chi connectivity index (χ2v) is 8.04. The van der Waals surface area contributed by atoms with Crippen molar-refractivity contribution in [3.05, 3.63) is 29.3 Å². The van der Waals surface area contributed by atoms with E-state index in [1.165, 1.54) is 35.7 Å². The lowest BCUT2D eigenvalue weighted by Gasteiger charge is -2.31. The Morgan fingerprint density at radius 3 is 2.38 bits per heavy atom. The third kappa shape index (κ3) is 5.21. The van der Waals surface area contributed by atoms with Crippen molar-refractivity contribution in [3.8, 4) is 0 Å². The predicted octanol–water partition coefficient (Wildman–Crippen LogP) is 4.50. The van der Waals surface area contributed by atoms with Crippen LogP contribution in [0.3, 0.4) is 0 Å². The van der Waals surface area contributed by atoms with Crippen molar-refractivity contribution in [1.82, 2.24) is 4.90 Å². The highest BCUT2D eigenvalue weighted by Crippen LogP contribution is 2.24. The first-order valence-electron chi connectivity index (χ1n) is 8.87. The number of thiocarbonyl (C=S) groups is 1. The number of rotatable bonds is 5. The van der Waals surface area contributed by atoms with Gasteiger partial charge in [0, 0.05) is 18.8 Å². The Hall–Kier alpha value is -1.07.